The maximum atomic E-state index is 12.9. The molecule has 1 unspecified atom stereocenters. The van der Waals surface area contributed by atoms with Crippen LogP contribution in [-0.2, 0) is 17.9 Å². The molecule has 2 aromatic rings. The van der Waals surface area contributed by atoms with Crippen molar-refractivity contribution in [1.82, 2.24) is 19.8 Å². The smallest absolute Gasteiger partial charge is 0.271 e. The van der Waals surface area contributed by atoms with Crippen molar-refractivity contribution < 1.29 is 9.59 Å². The minimum atomic E-state index is -0.0799. The third-order valence-electron chi connectivity index (χ3n) is 4.36. The average Bonchev–Trinajstić information content (AvgIpc) is 3.05. The highest BCUT2D eigenvalue weighted by Gasteiger charge is 2.32. The van der Waals surface area contributed by atoms with Crippen LogP contribution in [0.25, 0.3) is 0 Å². The maximum absolute atomic E-state index is 12.9. The molecule has 3 rings (SSSR count). The molecule has 0 aliphatic carbocycles. The van der Waals surface area contributed by atoms with Crippen molar-refractivity contribution in [2.24, 2.45) is 5.92 Å². The Bertz CT molecular complexity index is 739. The lowest BCUT2D eigenvalue weighted by Gasteiger charge is -2.37. The van der Waals surface area contributed by atoms with Crippen LogP contribution in [-0.4, -0.2) is 38.9 Å². The third-order valence-corrected chi connectivity index (χ3v) is 4.36. The van der Waals surface area contributed by atoms with Crippen LogP contribution < -0.4 is 5.32 Å². The number of nitrogens with zero attached hydrogens (tertiary/aromatic N) is 3. The van der Waals surface area contributed by atoms with Crippen LogP contribution in [0.4, 0.5) is 0 Å². The van der Waals surface area contributed by atoms with Crippen LogP contribution in [0.2, 0.25) is 0 Å². The lowest BCUT2D eigenvalue weighted by Crippen LogP contribution is -2.52. The second-order valence-electron chi connectivity index (χ2n) is 6.90. The second-order valence-corrected chi connectivity index (χ2v) is 6.90. The highest BCUT2D eigenvalue weighted by molar-refractivity contribution is 5.93. The van der Waals surface area contributed by atoms with E-state index in [0.717, 1.165) is 5.56 Å². The van der Waals surface area contributed by atoms with Crippen LogP contribution in [0.1, 0.15) is 36.3 Å². The predicted octanol–water partition coefficient (Wildman–Crippen LogP) is 2.07. The molecule has 0 fully saturated rings. The molecule has 1 atom stereocenters. The van der Waals surface area contributed by atoms with Gasteiger partial charge < -0.3 is 14.8 Å². The Morgan fingerprint density at radius 3 is 2.92 bits per heavy atom. The second kappa shape index (κ2) is 7.51. The van der Waals surface area contributed by atoms with Crippen molar-refractivity contribution in [1.29, 1.82) is 0 Å². The van der Waals surface area contributed by atoms with E-state index in [1.54, 1.807) is 12.4 Å². The number of amides is 2. The Balaban J connectivity index is 1.75. The quantitative estimate of drug-likeness (QED) is 0.875. The van der Waals surface area contributed by atoms with E-state index >= 15 is 0 Å². The molecule has 0 saturated carbocycles. The molecule has 0 spiro atoms. The summed E-state index contributed by atoms with van der Waals surface area (Å²) in [7, 11) is 0. The lowest BCUT2D eigenvalue weighted by atomic mass is 10.1. The fourth-order valence-corrected chi connectivity index (χ4v) is 3.14. The minimum absolute atomic E-state index is 0.0109. The molecule has 6 nitrogen and oxygen atoms in total. The molecule has 25 heavy (non-hydrogen) atoms. The van der Waals surface area contributed by atoms with E-state index in [4.69, 9.17) is 0 Å². The number of hydrogen-bond donors (Lipinski definition) is 1. The van der Waals surface area contributed by atoms with Gasteiger partial charge in [0.15, 0.2) is 0 Å². The topological polar surface area (TPSA) is 67.2 Å². The Morgan fingerprint density at radius 1 is 1.36 bits per heavy atom. The number of pyridine rings is 1. The highest BCUT2D eigenvalue weighted by Crippen LogP contribution is 2.20. The van der Waals surface area contributed by atoms with Gasteiger partial charge in [-0.2, -0.15) is 0 Å². The van der Waals surface area contributed by atoms with Gasteiger partial charge in [0.25, 0.3) is 5.91 Å². The minimum Gasteiger partial charge on any atom is -0.354 e. The molecule has 1 N–H and O–H groups in total. The molecule has 0 bridgehead atoms. The number of rotatable bonds is 6. The molecule has 0 saturated heterocycles. The molecule has 1 aliphatic rings. The van der Waals surface area contributed by atoms with E-state index in [2.05, 4.69) is 10.3 Å². The van der Waals surface area contributed by atoms with Gasteiger partial charge in [-0.15, -0.1) is 0 Å². The molecular formula is C19H24N4O2. The zero-order chi connectivity index (χ0) is 17.8. The molecule has 2 aromatic heterocycles. The van der Waals surface area contributed by atoms with Crippen molar-refractivity contribution in [3.05, 3.63) is 54.1 Å². The van der Waals surface area contributed by atoms with Gasteiger partial charge in [-0.25, -0.2) is 0 Å². The number of carbonyl (C=O) groups excluding carboxylic acids is 2. The zero-order valence-electron chi connectivity index (χ0n) is 14.7. The van der Waals surface area contributed by atoms with Crippen molar-refractivity contribution in [2.75, 3.05) is 6.54 Å². The Hall–Kier alpha value is -2.63. The molecule has 3 heterocycles. The number of hydrogen-bond acceptors (Lipinski definition) is 3. The van der Waals surface area contributed by atoms with Gasteiger partial charge in [-0.3, -0.25) is 14.6 Å². The first kappa shape index (κ1) is 17.2. The summed E-state index contributed by atoms with van der Waals surface area (Å²) < 4.78 is 1.96. The van der Waals surface area contributed by atoms with Gasteiger partial charge in [0, 0.05) is 44.6 Å². The van der Waals surface area contributed by atoms with E-state index in [1.165, 1.54) is 0 Å². The molecular weight excluding hydrogens is 316 g/mol. The predicted molar refractivity (Wildman–Crippen MR) is 94.8 cm³/mol. The van der Waals surface area contributed by atoms with Gasteiger partial charge in [0.1, 0.15) is 5.69 Å². The standard InChI is InChI=1S/C19H24N4O2/c1-14(2)9-18(24)21-11-16-13-22-8-4-6-17(22)19(25)23(16)12-15-5-3-7-20-10-15/h3-8,10,14,16H,9,11-13H2,1-2H3,(H,21,24). The van der Waals surface area contributed by atoms with E-state index in [9.17, 15) is 9.59 Å². The lowest BCUT2D eigenvalue weighted by molar-refractivity contribution is -0.122. The summed E-state index contributed by atoms with van der Waals surface area (Å²) in [5, 5.41) is 2.98. The number of aromatic nitrogens is 2. The van der Waals surface area contributed by atoms with Crippen LogP contribution in [0.15, 0.2) is 42.9 Å². The van der Waals surface area contributed by atoms with E-state index in [1.807, 2.05) is 53.8 Å². The largest absolute Gasteiger partial charge is 0.354 e. The fourth-order valence-electron chi connectivity index (χ4n) is 3.14. The number of nitrogens with one attached hydrogen (secondary N) is 1. The summed E-state index contributed by atoms with van der Waals surface area (Å²) in [4.78, 5) is 30.9. The fraction of sp³-hybridized carbons (Fsp3) is 0.421. The van der Waals surface area contributed by atoms with Gasteiger partial charge in [-0.1, -0.05) is 19.9 Å². The molecule has 0 aromatic carbocycles. The van der Waals surface area contributed by atoms with Crippen molar-refractivity contribution in [3.63, 3.8) is 0 Å². The average molecular weight is 340 g/mol. The molecule has 0 radical (unpaired) electrons. The van der Waals surface area contributed by atoms with E-state index < -0.39 is 0 Å². The summed E-state index contributed by atoms with van der Waals surface area (Å²) >= 11 is 0. The Labute approximate surface area is 147 Å². The molecule has 6 heteroatoms. The van der Waals surface area contributed by atoms with Crippen LogP contribution in [0.3, 0.4) is 0 Å². The first-order chi connectivity index (χ1) is 12.0. The Morgan fingerprint density at radius 2 is 2.20 bits per heavy atom. The first-order valence-electron chi connectivity index (χ1n) is 8.66. The summed E-state index contributed by atoms with van der Waals surface area (Å²) in [6, 6.07) is 7.47. The monoisotopic (exact) mass is 340 g/mol. The van der Waals surface area contributed by atoms with Gasteiger partial charge >= 0.3 is 0 Å². The van der Waals surface area contributed by atoms with Gasteiger partial charge in [0.05, 0.1) is 6.04 Å². The number of fused-ring (bicyclic) bond motifs is 1. The maximum Gasteiger partial charge on any atom is 0.271 e. The van der Waals surface area contributed by atoms with Crippen LogP contribution in [0.5, 0.6) is 0 Å². The summed E-state index contributed by atoms with van der Waals surface area (Å²) in [6.07, 6.45) is 5.90. The summed E-state index contributed by atoms with van der Waals surface area (Å²) in [5.41, 5.74) is 1.67. The van der Waals surface area contributed by atoms with Gasteiger partial charge in [-0.05, 0) is 29.7 Å². The molecule has 2 amide bonds. The van der Waals surface area contributed by atoms with E-state index in [-0.39, 0.29) is 17.9 Å². The summed E-state index contributed by atoms with van der Waals surface area (Å²) in [6.45, 7) is 5.66. The van der Waals surface area contributed by atoms with Crippen LogP contribution in [0, 0.1) is 5.92 Å². The Kier molecular flexibility index (Phi) is 5.16. The van der Waals surface area contributed by atoms with E-state index in [0.29, 0.717) is 37.7 Å². The van der Waals surface area contributed by atoms with Crippen molar-refractivity contribution >= 4 is 11.8 Å². The first-order valence-corrected chi connectivity index (χ1v) is 8.66. The van der Waals surface area contributed by atoms with Crippen molar-refractivity contribution in [3.8, 4) is 0 Å². The van der Waals surface area contributed by atoms with Crippen molar-refractivity contribution in [2.45, 2.75) is 39.4 Å². The third kappa shape index (κ3) is 4.07. The highest BCUT2D eigenvalue weighted by atomic mass is 16.2. The SMILES string of the molecule is CC(C)CC(=O)NCC1Cn2cccc2C(=O)N1Cc1cccnc1. The van der Waals surface area contributed by atoms with Crippen LogP contribution >= 0.6 is 0 Å². The molecule has 1 aliphatic heterocycles. The molecule has 132 valence electrons. The normalized spacial score (nSPS) is 16.8. The summed E-state index contributed by atoms with van der Waals surface area (Å²) in [5.74, 6) is 0.334. The zero-order valence-corrected chi connectivity index (χ0v) is 14.7. The number of carbonyl (C=O) groups is 2. The van der Waals surface area contributed by atoms with Gasteiger partial charge in [0.2, 0.25) is 5.91 Å².